The van der Waals surface area contributed by atoms with Crippen molar-refractivity contribution in [2.45, 2.75) is 23.9 Å². The van der Waals surface area contributed by atoms with Crippen LogP contribution in [0.4, 0.5) is 0 Å². The molecule has 2 heterocycles. The predicted molar refractivity (Wildman–Crippen MR) is 59.4 cm³/mol. The number of hydrogen-bond donors (Lipinski definition) is 2. The van der Waals surface area contributed by atoms with Gasteiger partial charge in [0.1, 0.15) is 0 Å². The van der Waals surface area contributed by atoms with Crippen molar-refractivity contribution in [2.75, 3.05) is 20.1 Å². The average molecular weight is 244 g/mol. The molecule has 1 fully saturated rings. The molecule has 0 spiro atoms. The van der Waals surface area contributed by atoms with E-state index in [0.717, 1.165) is 19.4 Å². The fraction of sp³-hybridized carbons (Fsp3) is 0.667. The highest BCUT2D eigenvalue weighted by atomic mass is 32.2. The molecule has 1 aromatic heterocycles. The third-order valence-electron chi connectivity index (χ3n) is 2.92. The Morgan fingerprint density at radius 1 is 1.56 bits per heavy atom. The van der Waals surface area contributed by atoms with Gasteiger partial charge in [0.25, 0.3) is 10.0 Å². The van der Waals surface area contributed by atoms with Crippen LogP contribution in [0.1, 0.15) is 12.8 Å². The van der Waals surface area contributed by atoms with E-state index in [2.05, 4.69) is 15.3 Å². The molecule has 0 aromatic carbocycles. The van der Waals surface area contributed by atoms with E-state index >= 15 is 0 Å². The summed E-state index contributed by atoms with van der Waals surface area (Å²) in [6, 6.07) is 0.0297. The normalized spacial score (nSPS) is 22.5. The van der Waals surface area contributed by atoms with Gasteiger partial charge in [-0.2, -0.15) is 4.31 Å². The minimum atomic E-state index is -3.42. The maximum Gasteiger partial charge on any atom is 0.260 e. The first-order valence-corrected chi connectivity index (χ1v) is 6.73. The van der Waals surface area contributed by atoms with E-state index in [1.807, 2.05) is 0 Å². The molecule has 1 aromatic rings. The number of aromatic nitrogens is 2. The molecular formula is C9H16N4O2S. The zero-order valence-electron chi connectivity index (χ0n) is 9.18. The quantitative estimate of drug-likeness (QED) is 0.770. The molecule has 2 N–H and O–H groups in total. The van der Waals surface area contributed by atoms with Crippen molar-refractivity contribution in [3.63, 3.8) is 0 Å². The Hall–Kier alpha value is -0.920. The summed E-state index contributed by atoms with van der Waals surface area (Å²) in [5, 5.41) is 3.35. The van der Waals surface area contributed by atoms with Gasteiger partial charge in [-0.15, -0.1) is 0 Å². The number of nitrogens with zero attached hydrogens (tertiary/aromatic N) is 2. The van der Waals surface area contributed by atoms with Crippen LogP contribution in [-0.4, -0.2) is 48.9 Å². The SMILES string of the molecule is CN(C1CCCNC1)S(=O)(=O)c1cnc[nH]1. The van der Waals surface area contributed by atoms with Gasteiger partial charge in [-0.25, -0.2) is 13.4 Å². The average Bonchev–Trinajstić information content (AvgIpc) is 2.83. The largest absolute Gasteiger partial charge is 0.335 e. The first-order valence-electron chi connectivity index (χ1n) is 5.29. The summed E-state index contributed by atoms with van der Waals surface area (Å²) in [6.07, 6.45) is 4.62. The fourth-order valence-corrected chi connectivity index (χ4v) is 3.16. The zero-order valence-corrected chi connectivity index (χ0v) is 10.00. The monoisotopic (exact) mass is 244 g/mol. The van der Waals surface area contributed by atoms with Crippen LogP contribution in [0, 0.1) is 0 Å². The van der Waals surface area contributed by atoms with Gasteiger partial charge < -0.3 is 10.3 Å². The molecule has 0 aliphatic carbocycles. The maximum absolute atomic E-state index is 12.1. The summed E-state index contributed by atoms with van der Waals surface area (Å²) in [4.78, 5) is 6.38. The molecule has 1 aliphatic rings. The molecule has 6 nitrogen and oxygen atoms in total. The van der Waals surface area contributed by atoms with Crippen molar-refractivity contribution in [3.8, 4) is 0 Å². The fourth-order valence-electron chi connectivity index (χ4n) is 1.88. The summed E-state index contributed by atoms with van der Waals surface area (Å²) in [7, 11) is -1.80. The number of piperidine rings is 1. The first-order chi connectivity index (χ1) is 7.62. The summed E-state index contributed by atoms with van der Waals surface area (Å²) in [6.45, 7) is 1.68. The van der Waals surface area contributed by atoms with Gasteiger partial charge >= 0.3 is 0 Å². The second kappa shape index (κ2) is 4.52. The molecule has 0 radical (unpaired) electrons. The van der Waals surface area contributed by atoms with Crippen molar-refractivity contribution in [2.24, 2.45) is 0 Å². The summed E-state index contributed by atoms with van der Waals surface area (Å²) in [5.74, 6) is 0. The Labute approximate surface area is 95.1 Å². The summed E-state index contributed by atoms with van der Waals surface area (Å²) in [5.41, 5.74) is 0. The maximum atomic E-state index is 12.1. The van der Waals surface area contributed by atoms with Gasteiger partial charge in [-0.3, -0.25) is 0 Å². The predicted octanol–water partition coefficient (Wildman–Crippen LogP) is -0.218. The van der Waals surface area contributed by atoms with Crippen LogP contribution in [0.5, 0.6) is 0 Å². The van der Waals surface area contributed by atoms with Crippen LogP contribution >= 0.6 is 0 Å². The number of likely N-dealkylation sites (N-methyl/N-ethyl adjacent to an activating group) is 1. The highest BCUT2D eigenvalue weighted by molar-refractivity contribution is 7.89. The van der Waals surface area contributed by atoms with Crippen molar-refractivity contribution in [3.05, 3.63) is 12.5 Å². The lowest BCUT2D eigenvalue weighted by atomic mass is 10.1. The van der Waals surface area contributed by atoms with Crippen LogP contribution in [0.25, 0.3) is 0 Å². The van der Waals surface area contributed by atoms with Gasteiger partial charge in [0.05, 0.1) is 12.5 Å². The first kappa shape index (κ1) is 11.6. The van der Waals surface area contributed by atoms with Gasteiger partial charge in [0, 0.05) is 19.6 Å². The molecular weight excluding hydrogens is 228 g/mol. The van der Waals surface area contributed by atoms with Gasteiger partial charge in [-0.05, 0) is 19.4 Å². The van der Waals surface area contributed by atoms with Gasteiger partial charge in [0.2, 0.25) is 0 Å². The number of rotatable bonds is 3. The van der Waals surface area contributed by atoms with Gasteiger partial charge in [-0.1, -0.05) is 0 Å². The Balaban J connectivity index is 2.17. The lowest BCUT2D eigenvalue weighted by Crippen LogP contribution is -2.46. The standard InChI is InChI=1S/C9H16N4O2S/c1-13(8-3-2-4-10-5-8)16(14,15)9-6-11-7-12-9/h6-8,10H,2-5H2,1H3,(H,11,12). The van der Waals surface area contributed by atoms with Crippen LogP contribution in [0.2, 0.25) is 0 Å². The molecule has 7 heteroatoms. The molecule has 1 saturated heterocycles. The van der Waals surface area contributed by atoms with E-state index in [4.69, 9.17) is 0 Å². The van der Waals surface area contributed by atoms with Crippen molar-refractivity contribution < 1.29 is 8.42 Å². The van der Waals surface area contributed by atoms with Gasteiger partial charge in [0.15, 0.2) is 5.03 Å². The van der Waals surface area contributed by atoms with E-state index in [-0.39, 0.29) is 11.1 Å². The molecule has 0 bridgehead atoms. The topological polar surface area (TPSA) is 78.1 Å². The molecule has 1 unspecified atom stereocenters. The zero-order chi connectivity index (χ0) is 11.6. The van der Waals surface area contributed by atoms with Crippen LogP contribution in [0.15, 0.2) is 17.6 Å². The van der Waals surface area contributed by atoms with Crippen LogP contribution in [-0.2, 0) is 10.0 Å². The molecule has 1 aliphatic heterocycles. The number of hydrogen-bond acceptors (Lipinski definition) is 4. The molecule has 0 saturated carbocycles. The number of imidazole rings is 1. The lowest BCUT2D eigenvalue weighted by molar-refractivity contribution is 0.299. The van der Waals surface area contributed by atoms with Crippen molar-refractivity contribution in [1.82, 2.24) is 19.6 Å². The number of sulfonamides is 1. The number of nitrogens with one attached hydrogen (secondary N) is 2. The molecule has 90 valence electrons. The molecule has 16 heavy (non-hydrogen) atoms. The summed E-state index contributed by atoms with van der Waals surface area (Å²) < 4.78 is 25.7. The third-order valence-corrected chi connectivity index (χ3v) is 4.75. The van der Waals surface area contributed by atoms with E-state index in [1.54, 1.807) is 7.05 Å². The van der Waals surface area contributed by atoms with Crippen LogP contribution in [0.3, 0.4) is 0 Å². The second-order valence-electron chi connectivity index (χ2n) is 3.94. The minimum absolute atomic E-state index is 0.0297. The number of aromatic amines is 1. The van der Waals surface area contributed by atoms with Crippen molar-refractivity contribution >= 4 is 10.0 Å². The van der Waals surface area contributed by atoms with E-state index < -0.39 is 10.0 Å². The lowest BCUT2D eigenvalue weighted by Gasteiger charge is -2.30. The summed E-state index contributed by atoms with van der Waals surface area (Å²) >= 11 is 0. The van der Waals surface area contributed by atoms with Crippen molar-refractivity contribution in [1.29, 1.82) is 0 Å². The number of H-pyrrole nitrogens is 1. The molecule has 0 amide bonds. The van der Waals surface area contributed by atoms with Crippen LogP contribution < -0.4 is 5.32 Å². The highest BCUT2D eigenvalue weighted by Crippen LogP contribution is 2.17. The molecule has 2 rings (SSSR count). The van der Waals surface area contributed by atoms with E-state index in [1.165, 1.54) is 16.8 Å². The Bertz CT molecular complexity index is 422. The second-order valence-corrected chi connectivity index (χ2v) is 5.90. The smallest absolute Gasteiger partial charge is 0.260 e. The van der Waals surface area contributed by atoms with E-state index in [0.29, 0.717) is 6.54 Å². The Morgan fingerprint density at radius 3 is 2.94 bits per heavy atom. The minimum Gasteiger partial charge on any atom is -0.335 e. The highest BCUT2D eigenvalue weighted by Gasteiger charge is 2.29. The Kier molecular flexibility index (Phi) is 3.27. The molecule has 1 atom stereocenters. The Morgan fingerprint density at radius 2 is 2.38 bits per heavy atom. The van der Waals surface area contributed by atoms with E-state index in [9.17, 15) is 8.42 Å². The third kappa shape index (κ3) is 2.11.